The second-order valence-corrected chi connectivity index (χ2v) is 57.5. The van der Waals surface area contributed by atoms with Crippen LogP contribution < -0.4 is 75.9 Å². The lowest BCUT2D eigenvalue weighted by Crippen LogP contribution is -2.24. The molecule has 9 rings (SSSR count). The van der Waals surface area contributed by atoms with Crippen molar-refractivity contribution in [3.63, 3.8) is 0 Å². The van der Waals surface area contributed by atoms with Gasteiger partial charge in [-0.25, -0.2) is 29.9 Å². The highest BCUT2D eigenvalue weighted by molar-refractivity contribution is 6.16. The Hall–Kier alpha value is -8.96. The van der Waals surface area contributed by atoms with E-state index in [9.17, 15) is 0 Å². The van der Waals surface area contributed by atoms with Crippen molar-refractivity contribution in [1.29, 1.82) is 0 Å². The third-order valence-electron chi connectivity index (χ3n) is 19.3. The molecule has 2 aliphatic rings. The van der Waals surface area contributed by atoms with Gasteiger partial charge in [-0.15, -0.1) is 4.73 Å². The third kappa shape index (κ3) is 31.5. The van der Waals surface area contributed by atoms with Gasteiger partial charge in [0.25, 0.3) is 0 Å². The number of nitrogens with one attached hydrogen (secondary N) is 1. The number of aromatic nitrogens is 8. The van der Waals surface area contributed by atoms with Gasteiger partial charge in [-0.1, -0.05) is 332 Å². The Morgan fingerprint density at radius 2 is 0.382 bits per heavy atom. The zero-order valence-electron chi connectivity index (χ0n) is 93.6. The lowest BCUT2D eigenvalue weighted by atomic mass is 9.97. The minimum atomic E-state index is -0.571. The van der Waals surface area contributed by atoms with E-state index in [4.69, 9.17) is 106 Å². The van der Waals surface area contributed by atoms with E-state index < -0.39 is 75.8 Å². The zero-order chi connectivity index (χ0) is 103. The van der Waals surface area contributed by atoms with Gasteiger partial charge < -0.3 is 80.9 Å². The summed E-state index contributed by atoms with van der Waals surface area (Å²) >= 11 is 0. The lowest BCUT2D eigenvalue weighted by Gasteiger charge is -2.29. The molecule has 4 aromatic carbocycles. The maximum absolute atomic E-state index is 7.80. The summed E-state index contributed by atoms with van der Waals surface area (Å²) in [5, 5.41) is 1.54. The summed E-state index contributed by atoms with van der Waals surface area (Å²) < 4.78 is 115. The summed E-state index contributed by atoms with van der Waals surface area (Å²) in [5.41, 5.74) is -4.94. The Balaban J connectivity index is 1.91. The van der Waals surface area contributed by atoms with Crippen LogP contribution in [0.25, 0.3) is 89.7 Å². The molecular formula is C112H178N8O16. The molecule has 0 fully saturated rings. The number of nitrogens with zero attached hydrogens (tertiary/aromatic N) is 7. The fourth-order valence-electron chi connectivity index (χ4n) is 13.1. The van der Waals surface area contributed by atoms with Crippen LogP contribution in [0, 0.1) is 86.6 Å². The van der Waals surface area contributed by atoms with Gasteiger partial charge in [0, 0.05) is 5.56 Å². The van der Waals surface area contributed by atoms with Crippen molar-refractivity contribution < 1.29 is 75.9 Å². The van der Waals surface area contributed by atoms with Crippen molar-refractivity contribution in [2.24, 2.45) is 86.6 Å². The average Bonchev–Trinajstić information content (AvgIpc) is 1.55. The predicted octanol–water partition coefficient (Wildman–Crippen LogP) is 29.2. The molecule has 0 unspecified atom stereocenters. The van der Waals surface area contributed by atoms with Crippen molar-refractivity contribution in [2.45, 2.75) is 332 Å². The van der Waals surface area contributed by atoms with E-state index in [1.54, 1.807) is 4.73 Å². The largest absolute Gasteiger partial charge is 0.489 e. The molecule has 2 aliphatic heterocycles. The third-order valence-corrected chi connectivity index (χ3v) is 19.3. The lowest BCUT2D eigenvalue weighted by molar-refractivity contribution is 0.0679. The van der Waals surface area contributed by atoms with Gasteiger partial charge in [0.2, 0.25) is 40.2 Å². The molecule has 5 heterocycles. The Morgan fingerprint density at radius 1 is 0.191 bits per heavy atom. The van der Waals surface area contributed by atoms with Gasteiger partial charge in [-0.3, -0.25) is 0 Å². The maximum Gasteiger partial charge on any atom is 0.208 e. The molecule has 7 aromatic rings. The number of benzene rings is 4. The van der Waals surface area contributed by atoms with Crippen LogP contribution in [0.1, 0.15) is 332 Å². The van der Waals surface area contributed by atoms with Gasteiger partial charge in [0.05, 0.1) is 137 Å². The Bertz CT molecular complexity index is 5560. The normalized spacial score (nSPS) is 13.8. The summed E-state index contributed by atoms with van der Waals surface area (Å²) in [6, 6.07) is 1.96. The second kappa shape index (κ2) is 39.6. The van der Waals surface area contributed by atoms with Crippen LogP contribution in [-0.4, -0.2) is 145 Å². The molecular weight excluding hydrogens is 1710 g/mol. The average molecular weight is 1890 g/mol. The van der Waals surface area contributed by atoms with E-state index in [-0.39, 0.29) is 208 Å². The van der Waals surface area contributed by atoms with E-state index in [0.29, 0.717) is 84.0 Å². The molecule has 0 spiro atoms. The maximum atomic E-state index is 7.80. The first-order chi connectivity index (χ1) is 61.4. The highest BCUT2D eigenvalue weighted by atomic mass is 16.7. The molecule has 762 valence electrons. The van der Waals surface area contributed by atoms with E-state index in [1.807, 2.05) is 6.07 Å². The van der Waals surface area contributed by atoms with Crippen molar-refractivity contribution in [1.82, 2.24) is 39.6 Å². The van der Waals surface area contributed by atoms with Gasteiger partial charge in [0.15, 0.2) is 80.6 Å². The number of aromatic amines is 1. The zero-order valence-corrected chi connectivity index (χ0v) is 93.6. The molecule has 0 saturated heterocycles. The standard InChI is InChI=1S/C112H178N8O16/c1-97(2,3)50-121-67-49-66-68(76(123-52-99(7,8)9)75(67)122-51-98(4,5)6)90-113-89(66)114-91-69-70(78(125-54-101(13,14)15)84(131-60-107(31,32)33)83(130-59-106(28,29)30)77(69)124-53-100(10,11)12)92(115-91)116-93-71-72(80(127-56-103(19,20)21)86(133-62-109(37,38)39)85(132-61-108(34,35)36)79(71)126-55-102(16,17)18)94(117-93)119-96-74-73(95(118-90)120(96)136-65-112(46,47)48)81(128-57-104(22,23)24)87(134-63-110(40,41)42)88(135-64-111(43,44)45)82(74)129-58-105(25,26)27/h49H,50-65H2,1-48H3,(H,113,114,115,116,117,118,119). The second-order valence-electron chi connectivity index (χ2n) is 57.5. The number of ether oxygens (including phenoxy) is 15. The van der Waals surface area contributed by atoms with Crippen LogP contribution in [0.15, 0.2) is 6.07 Å². The first kappa shape index (κ1) is 111. The molecule has 8 bridgehead atoms. The van der Waals surface area contributed by atoms with Crippen molar-refractivity contribution in [3.8, 4) is 132 Å². The molecule has 136 heavy (non-hydrogen) atoms. The number of fused-ring (bicyclic) bond motifs is 20. The molecule has 0 aliphatic carbocycles. The molecule has 24 nitrogen and oxygen atoms in total. The highest BCUT2D eigenvalue weighted by Gasteiger charge is 2.44. The summed E-state index contributed by atoms with van der Waals surface area (Å²) in [7, 11) is 0. The van der Waals surface area contributed by atoms with E-state index in [2.05, 4.69) is 337 Å². The molecule has 0 atom stereocenters. The summed E-state index contributed by atoms with van der Waals surface area (Å²) in [6.07, 6.45) is 0. The van der Waals surface area contributed by atoms with E-state index >= 15 is 0 Å². The fraction of sp³-hybridized carbons (Fsp3) is 0.714. The monoisotopic (exact) mass is 1890 g/mol. The van der Waals surface area contributed by atoms with Crippen LogP contribution in [0.4, 0.5) is 0 Å². The summed E-state index contributed by atoms with van der Waals surface area (Å²) in [6.45, 7) is 105. The summed E-state index contributed by atoms with van der Waals surface area (Å²) in [4.78, 5) is 48.4. The first-order valence-corrected chi connectivity index (χ1v) is 49.2. The smallest absolute Gasteiger partial charge is 0.208 e. The number of hydrogen-bond donors (Lipinski definition) is 1. The minimum Gasteiger partial charge on any atom is -0.489 e. The molecule has 0 saturated carbocycles. The van der Waals surface area contributed by atoms with Gasteiger partial charge >= 0.3 is 0 Å². The first-order valence-electron chi connectivity index (χ1n) is 49.2. The van der Waals surface area contributed by atoms with Gasteiger partial charge in [-0.05, 0) is 92.7 Å². The van der Waals surface area contributed by atoms with Crippen LogP contribution in [0.5, 0.6) is 86.2 Å². The molecule has 0 radical (unpaired) electrons. The minimum absolute atomic E-state index is 0.0631. The number of hydrogen-bond acceptors (Lipinski definition) is 22. The van der Waals surface area contributed by atoms with Gasteiger partial charge in [0.1, 0.15) is 17.9 Å². The summed E-state index contributed by atoms with van der Waals surface area (Å²) in [5.74, 6) is 4.82. The van der Waals surface area contributed by atoms with Gasteiger partial charge in [-0.2, -0.15) is 0 Å². The molecule has 0 amide bonds. The van der Waals surface area contributed by atoms with Crippen molar-refractivity contribution in [3.05, 3.63) is 6.07 Å². The highest BCUT2D eigenvalue weighted by Crippen LogP contribution is 2.63. The van der Waals surface area contributed by atoms with Crippen LogP contribution in [0.3, 0.4) is 0 Å². The predicted molar refractivity (Wildman–Crippen MR) is 555 cm³/mol. The molecule has 24 heteroatoms. The van der Waals surface area contributed by atoms with E-state index in [0.717, 1.165) is 0 Å². The van der Waals surface area contributed by atoms with Crippen molar-refractivity contribution in [2.75, 3.05) is 106 Å². The Morgan fingerprint density at radius 3 is 0.647 bits per heavy atom. The molecule has 3 aromatic heterocycles. The topological polar surface area (TPSA) is 246 Å². The van der Waals surface area contributed by atoms with Crippen LogP contribution in [0.2, 0.25) is 0 Å². The SMILES string of the molecule is CC(C)(C)COc1cc2c(c(OCC(C)(C)C)c1OCC(C)(C)C)-c1nc-2nc2[nH]c(nc3nc(nc4c5c(OCC(C)(C)C)c(OCC(C)(C)C)c(OCC(C)(C)C)c(OCC(C)(C)C)c5c(n1)n4OCC(C)(C)C)-c1c(OCC(C)(C)C)c(OCC(C)(C)C)c(OCC(C)(C)C)c(OCC(C)(C)C)c1-3)c1c(OCC(C)(C)C)c(OCC(C)(C)C)c(OCC(C)(C)C)c(OCC(C)(C)C)c21. The number of rotatable bonds is 32. The van der Waals surface area contributed by atoms with E-state index in [1.165, 1.54) is 0 Å². The quantitative estimate of drug-likeness (QED) is 0.0412. The van der Waals surface area contributed by atoms with Crippen LogP contribution >= 0.6 is 0 Å². The van der Waals surface area contributed by atoms with Crippen molar-refractivity contribution >= 4 is 44.1 Å². The fourth-order valence-corrected chi connectivity index (χ4v) is 13.1. The molecule has 1 N–H and O–H groups in total. The Kier molecular flexibility index (Phi) is 32.2. The number of H-pyrrole nitrogens is 1. The Labute approximate surface area is 817 Å². The van der Waals surface area contributed by atoms with Crippen LogP contribution in [-0.2, 0) is 0 Å².